The molecular formula is C16H21FN6O. The Labute approximate surface area is 139 Å². The molecule has 2 aromatic rings. The van der Waals surface area contributed by atoms with Gasteiger partial charge in [-0.15, -0.1) is 0 Å². The molecule has 24 heavy (non-hydrogen) atoms. The third-order valence-corrected chi connectivity index (χ3v) is 3.67. The van der Waals surface area contributed by atoms with Crippen LogP contribution in [0.3, 0.4) is 0 Å². The molecule has 0 aliphatic carbocycles. The first kappa shape index (κ1) is 17.6. The molecule has 1 atom stereocenters. The van der Waals surface area contributed by atoms with E-state index in [-0.39, 0.29) is 23.2 Å². The fraction of sp³-hybridized carbons (Fsp3) is 0.312. The van der Waals surface area contributed by atoms with Crippen molar-refractivity contribution in [3.63, 3.8) is 0 Å². The van der Waals surface area contributed by atoms with Crippen LogP contribution in [0.2, 0.25) is 0 Å². The van der Waals surface area contributed by atoms with Gasteiger partial charge in [-0.3, -0.25) is 14.8 Å². The molecule has 0 saturated heterocycles. The van der Waals surface area contributed by atoms with Crippen molar-refractivity contribution >= 4 is 23.2 Å². The maximum absolute atomic E-state index is 14.3. The average Bonchev–Trinajstić information content (AvgIpc) is 2.54. The highest BCUT2D eigenvalue weighted by Crippen LogP contribution is 2.26. The number of amides is 1. The molecule has 0 radical (unpaired) electrons. The van der Waals surface area contributed by atoms with Gasteiger partial charge in [-0.05, 0) is 38.0 Å². The second-order valence-corrected chi connectivity index (χ2v) is 5.59. The Balaban J connectivity index is 2.49. The van der Waals surface area contributed by atoms with E-state index in [0.29, 0.717) is 12.1 Å². The van der Waals surface area contributed by atoms with Crippen molar-refractivity contribution in [2.75, 3.05) is 10.3 Å². The van der Waals surface area contributed by atoms with Crippen LogP contribution in [-0.4, -0.2) is 21.9 Å². The number of hydrazine groups is 1. The van der Waals surface area contributed by atoms with Crippen molar-refractivity contribution < 1.29 is 9.18 Å². The number of primary amides is 1. The van der Waals surface area contributed by atoms with Gasteiger partial charge < -0.3 is 11.1 Å². The number of pyridine rings is 2. The summed E-state index contributed by atoms with van der Waals surface area (Å²) in [5, 5.41) is 4.19. The van der Waals surface area contributed by atoms with Crippen molar-refractivity contribution in [3.8, 4) is 0 Å². The van der Waals surface area contributed by atoms with E-state index in [1.807, 2.05) is 26.8 Å². The van der Waals surface area contributed by atoms with E-state index in [2.05, 4.69) is 15.3 Å². The van der Waals surface area contributed by atoms with Crippen molar-refractivity contribution in [2.24, 2.45) is 11.6 Å². The molecule has 2 heterocycles. The van der Waals surface area contributed by atoms with Crippen molar-refractivity contribution in [2.45, 2.75) is 33.2 Å². The number of halogens is 1. The molecule has 0 aromatic carbocycles. The van der Waals surface area contributed by atoms with Gasteiger partial charge in [-0.2, -0.15) is 0 Å². The Kier molecular flexibility index (Phi) is 5.30. The fourth-order valence-electron chi connectivity index (χ4n) is 2.11. The monoisotopic (exact) mass is 332 g/mol. The predicted octanol–water partition coefficient (Wildman–Crippen LogP) is 2.25. The van der Waals surface area contributed by atoms with Crippen molar-refractivity contribution in [1.29, 1.82) is 0 Å². The second-order valence-electron chi connectivity index (χ2n) is 5.59. The van der Waals surface area contributed by atoms with E-state index in [4.69, 9.17) is 11.6 Å². The lowest BCUT2D eigenvalue weighted by Crippen LogP contribution is -2.40. The predicted molar refractivity (Wildman–Crippen MR) is 91.4 cm³/mol. The minimum absolute atomic E-state index is 0.0579. The fourth-order valence-corrected chi connectivity index (χ4v) is 2.11. The second kappa shape index (κ2) is 7.22. The number of carbonyl (C=O) groups excluding carboxylic acids is 1. The average molecular weight is 332 g/mol. The van der Waals surface area contributed by atoms with E-state index in [1.54, 1.807) is 12.4 Å². The molecule has 1 unspecified atom stereocenters. The quantitative estimate of drug-likeness (QED) is 0.553. The molecule has 0 aliphatic rings. The molecule has 1 amide bonds. The molecule has 5 N–H and O–H groups in total. The van der Waals surface area contributed by atoms with Gasteiger partial charge in [0, 0.05) is 12.2 Å². The van der Waals surface area contributed by atoms with Crippen LogP contribution in [0, 0.1) is 12.7 Å². The molecule has 8 heteroatoms. The molecular weight excluding hydrogens is 311 g/mol. The first-order valence-corrected chi connectivity index (χ1v) is 7.56. The Hall–Kier alpha value is -2.74. The van der Waals surface area contributed by atoms with Gasteiger partial charge >= 0.3 is 0 Å². The first-order valence-electron chi connectivity index (χ1n) is 7.56. The number of aromatic nitrogens is 2. The van der Waals surface area contributed by atoms with E-state index in [0.717, 1.165) is 11.6 Å². The number of carbonyl (C=O) groups is 1. The lowest BCUT2D eigenvalue weighted by atomic mass is 10.2. The van der Waals surface area contributed by atoms with Gasteiger partial charge in [-0.1, -0.05) is 6.92 Å². The highest BCUT2D eigenvalue weighted by molar-refractivity contribution is 5.98. The van der Waals surface area contributed by atoms with Gasteiger partial charge in [-0.25, -0.2) is 15.2 Å². The highest BCUT2D eigenvalue weighted by Gasteiger charge is 2.21. The minimum Gasteiger partial charge on any atom is -0.365 e. The largest absolute Gasteiger partial charge is 0.365 e. The molecule has 128 valence electrons. The number of nitrogens with zero attached hydrogens (tertiary/aromatic N) is 3. The number of nitrogens with one attached hydrogen (secondary N) is 1. The van der Waals surface area contributed by atoms with E-state index in [9.17, 15) is 9.18 Å². The number of nitrogens with two attached hydrogens (primary N) is 2. The number of aryl methyl sites for hydroxylation is 1. The summed E-state index contributed by atoms with van der Waals surface area (Å²) in [7, 11) is 0. The summed E-state index contributed by atoms with van der Waals surface area (Å²) in [6.45, 7) is 5.65. The summed E-state index contributed by atoms with van der Waals surface area (Å²) in [5.74, 6) is 4.51. The summed E-state index contributed by atoms with van der Waals surface area (Å²) >= 11 is 0. The maximum atomic E-state index is 14.3. The number of hydrogen-bond acceptors (Lipinski definition) is 6. The van der Waals surface area contributed by atoms with Gasteiger partial charge in [0.2, 0.25) is 0 Å². The lowest BCUT2D eigenvalue weighted by Gasteiger charge is -2.25. The number of rotatable bonds is 6. The van der Waals surface area contributed by atoms with Crippen LogP contribution in [-0.2, 0) is 0 Å². The summed E-state index contributed by atoms with van der Waals surface area (Å²) < 4.78 is 14.3. The standard InChI is InChI=1S/C16H21FN6O/c1-4-10(3)23(19)16-13(17)6-12(14(18)24)15(22-16)21-11-5-9(2)7-20-8-11/h5-8,10H,4,19H2,1-3H3,(H2,18,24)(H,21,22). The topological polar surface area (TPSA) is 110 Å². The van der Waals surface area contributed by atoms with Crippen molar-refractivity contribution in [3.05, 3.63) is 41.5 Å². The minimum atomic E-state index is -0.789. The van der Waals surface area contributed by atoms with Crippen LogP contribution in [0.4, 0.5) is 21.7 Å². The Morgan fingerprint density at radius 1 is 1.42 bits per heavy atom. The zero-order chi connectivity index (χ0) is 17.9. The molecule has 0 aliphatic heterocycles. The molecule has 2 aromatic heterocycles. The van der Waals surface area contributed by atoms with Crippen molar-refractivity contribution in [1.82, 2.24) is 9.97 Å². The number of hydrogen-bond donors (Lipinski definition) is 3. The van der Waals surface area contributed by atoms with Crippen LogP contribution < -0.4 is 21.9 Å². The molecule has 7 nitrogen and oxygen atoms in total. The van der Waals surface area contributed by atoms with E-state index >= 15 is 0 Å². The zero-order valence-electron chi connectivity index (χ0n) is 13.9. The number of anilines is 3. The normalized spacial score (nSPS) is 11.9. The molecule has 0 saturated carbocycles. The molecule has 0 bridgehead atoms. The summed E-state index contributed by atoms with van der Waals surface area (Å²) in [4.78, 5) is 19.8. The summed E-state index contributed by atoms with van der Waals surface area (Å²) in [6.07, 6.45) is 3.96. The Bertz CT molecular complexity index is 751. The van der Waals surface area contributed by atoms with Gasteiger partial charge in [0.1, 0.15) is 5.82 Å². The van der Waals surface area contributed by atoms with Crippen LogP contribution in [0.25, 0.3) is 0 Å². The van der Waals surface area contributed by atoms with E-state index < -0.39 is 11.7 Å². The summed E-state index contributed by atoms with van der Waals surface area (Å²) in [6, 6.07) is 2.73. The van der Waals surface area contributed by atoms with Crippen LogP contribution in [0.1, 0.15) is 36.2 Å². The third-order valence-electron chi connectivity index (χ3n) is 3.67. The van der Waals surface area contributed by atoms with E-state index in [1.165, 1.54) is 5.01 Å². The maximum Gasteiger partial charge on any atom is 0.252 e. The molecule has 0 fully saturated rings. The van der Waals surface area contributed by atoms with Gasteiger partial charge in [0.15, 0.2) is 11.6 Å². The summed E-state index contributed by atoms with van der Waals surface area (Å²) in [5.41, 5.74) is 6.80. The highest BCUT2D eigenvalue weighted by atomic mass is 19.1. The zero-order valence-corrected chi connectivity index (χ0v) is 13.9. The Morgan fingerprint density at radius 3 is 2.71 bits per heavy atom. The lowest BCUT2D eigenvalue weighted by molar-refractivity contribution is 0.100. The first-order chi connectivity index (χ1) is 11.3. The van der Waals surface area contributed by atoms with Crippen LogP contribution in [0.5, 0.6) is 0 Å². The van der Waals surface area contributed by atoms with Gasteiger partial charge in [0.25, 0.3) is 5.91 Å². The molecule has 0 spiro atoms. The SMILES string of the molecule is CCC(C)N(N)c1nc(Nc2cncc(C)c2)c(C(N)=O)cc1F. The van der Waals surface area contributed by atoms with Crippen LogP contribution >= 0.6 is 0 Å². The smallest absolute Gasteiger partial charge is 0.252 e. The Morgan fingerprint density at radius 2 is 2.12 bits per heavy atom. The molecule has 2 rings (SSSR count). The third kappa shape index (κ3) is 3.77. The van der Waals surface area contributed by atoms with Crippen LogP contribution in [0.15, 0.2) is 24.5 Å². The van der Waals surface area contributed by atoms with Gasteiger partial charge in [0.05, 0.1) is 17.4 Å².